The van der Waals surface area contributed by atoms with E-state index in [4.69, 9.17) is 32.7 Å². The van der Waals surface area contributed by atoms with E-state index >= 15 is 0 Å². The highest BCUT2D eigenvalue weighted by Crippen LogP contribution is 2.50. The zero-order valence-electron chi connectivity index (χ0n) is 15.3. The number of hydrogen-bond donors (Lipinski definition) is 0. The summed E-state index contributed by atoms with van der Waals surface area (Å²) in [5.41, 5.74) is 2.09. The quantitative estimate of drug-likeness (QED) is 0.654. The fourth-order valence-electron chi connectivity index (χ4n) is 4.13. The first-order valence-corrected chi connectivity index (χ1v) is 9.97. The molecule has 0 radical (unpaired) electrons. The van der Waals surface area contributed by atoms with Gasteiger partial charge in [0.1, 0.15) is 6.73 Å². The van der Waals surface area contributed by atoms with Gasteiger partial charge in [0.25, 0.3) is 5.91 Å². The van der Waals surface area contributed by atoms with Gasteiger partial charge in [-0.25, -0.2) is 0 Å². The van der Waals surface area contributed by atoms with E-state index in [9.17, 15) is 4.79 Å². The van der Waals surface area contributed by atoms with E-state index < -0.39 is 0 Å². The van der Waals surface area contributed by atoms with Gasteiger partial charge >= 0.3 is 0 Å². The summed E-state index contributed by atoms with van der Waals surface area (Å²) < 4.78 is 11.4. The van der Waals surface area contributed by atoms with Gasteiger partial charge in [-0.2, -0.15) is 0 Å². The van der Waals surface area contributed by atoms with E-state index in [0.717, 1.165) is 36.8 Å². The number of rotatable bonds is 7. The molecule has 1 amide bonds. The average molecular weight is 398 g/mol. The van der Waals surface area contributed by atoms with Gasteiger partial charge in [0.05, 0.1) is 22.7 Å². The Balaban J connectivity index is 2.13. The van der Waals surface area contributed by atoms with Gasteiger partial charge in [-0.1, -0.05) is 42.1 Å². The molecule has 26 heavy (non-hydrogen) atoms. The molecular formula is C20H25Cl2NO3. The summed E-state index contributed by atoms with van der Waals surface area (Å²) in [6.07, 6.45) is 4.05. The van der Waals surface area contributed by atoms with E-state index in [1.165, 1.54) is 0 Å². The van der Waals surface area contributed by atoms with Crippen molar-refractivity contribution < 1.29 is 14.3 Å². The van der Waals surface area contributed by atoms with Crippen molar-refractivity contribution in [2.75, 3.05) is 26.6 Å². The largest absolute Gasteiger partial charge is 0.377 e. The maximum Gasteiger partial charge on any atom is 0.257 e. The van der Waals surface area contributed by atoms with E-state index in [-0.39, 0.29) is 11.4 Å². The lowest BCUT2D eigenvalue weighted by molar-refractivity contribution is -0.135. The van der Waals surface area contributed by atoms with Crippen molar-refractivity contribution in [3.05, 3.63) is 39.4 Å². The Kier molecular flexibility index (Phi) is 6.29. The molecule has 1 saturated carbocycles. The van der Waals surface area contributed by atoms with Gasteiger partial charge in [-0.05, 0) is 44.4 Å². The molecule has 0 saturated heterocycles. The van der Waals surface area contributed by atoms with E-state index in [0.29, 0.717) is 42.2 Å². The summed E-state index contributed by atoms with van der Waals surface area (Å²) in [7, 11) is 0. The summed E-state index contributed by atoms with van der Waals surface area (Å²) in [5, 5.41) is 1.04. The molecule has 0 bridgehead atoms. The average Bonchev–Trinajstić information content (AvgIpc) is 3.17. The van der Waals surface area contributed by atoms with Crippen molar-refractivity contribution in [3.8, 4) is 0 Å². The second-order valence-corrected chi connectivity index (χ2v) is 7.55. The molecule has 2 aliphatic rings. The summed E-state index contributed by atoms with van der Waals surface area (Å²) in [6.45, 7) is 5.79. The molecule has 1 fully saturated rings. The lowest BCUT2D eigenvalue weighted by atomic mass is 9.86. The Hall–Kier alpha value is -1.07. The number of halogens is 2. The summed E-state index contributed by atoms with van der Waals surface area (Å²) in [5.74, 6) is -0.0284. The zero-order chi connectivity index (χ0) is 18.7. The van der Waals surface area contributed by atoms with Crippen LogP contribution in [0.1, 0.15) is 45.1 Å². The highest BCUT2D eigenvalue weighted by Gasteiger charge is 2.53. The predicted octanol–water partition coefficient (Wildman–Crippen LogP) is 4.93. The fraction of sp³-hybridized carbons (Fsp3) is 0.550. The third-order valence-electron chi connectivity index (χ3n) is 5.35. The number of ether oxygens (including phenoxy) is 2. The van der Waals surface area contributed by atoms with Crippen LogP contribution < -0.4 is 0 Å². The molecule has 0 aromatic heterocycles. The topological polar surface area (TPSA) is 38.8 Å². The number of hydrogen-bond acceptors (Lipinski definition) is 3. The molecule has 4 nitrogen and oxygen atoms in total. The number of carbonyl (C=O) groups is 1. The second kappa shape index (κ2) is 8.30. The van der Waals surface area contributed by atoms with Gasteiger partial charge < -0.3 is 14.4 Å². The minimum Gasteiger partial charge on any atom is -0.377 e. The van der Waals surface area contributed by atoms with Crippen LogP contribution in [0.2, 0.25) is 10.0 Å². The number of benzene rings is 1. The number of nitrogens with zero attached hydrogens (tertiary/aromatic N) is 1. The molecule has 3 rings (SSSR count). The first-order valence-electron chi connectivity index (χ1n) is 9.21. The molecule has 1 aromatic rings. The molecule has 0 unspecified atom stereocenters. The van der Waals surface area contributed by atoms with Gasteiger partial charge in [0.15, 0.2) is 0 Å². The highest BCUT2D eigenvalue weighted by atomic mass is 35.5. The Morgan fingerprint density at radius 1 is 1.12 bits per heavy atom. The first-order chi connectivity index (χ1) is 12.5. The van der Waals surface area contributed by atoms with Crippen molar-refractivity contribution in [3.63, 3.8) is 0 Å². The van der Waals surface area contributed by atoms with Crippen LogP contribution in [0.15, 0.2) is 23.8 Å². The Morgan fingerprint density at radius 2 is 1.81 bits per heavy atom. The molecule has 1 aromatic carbocycles. The van der Waals surface area contributed by atoms with Crippen LogP contribution in [0.4, 0.5) is 0 Å². The van der Waals surface area contributed by atoms with Crippen molar-refractivity contribution in [2.24, 2.45) is 0 Å². The smallest absolute Gasteiger partial charge is 0.257 e. The third-order valence-corrected chi connectivity index (χ3v) is 5.89. The van der Waals surface area contributed by atoms with Crippen molar-refractivity contribution >= 4 is 34.7 Å². The molecule has 142 valence electrons. The normalized spacial score (nSPS) is 19.2. The Bertz CT molecular complexity index is 711. The lowest BCUT2D eigenvalue weighted by Gasteiger charge is -2.37. The van der Waals surface area contributed by atoms with Crippen LogP contribution >= 0.6 is 23.2 Å². The molecule has 0 atom stereocenters. The standard InChI is InChI=1S/C20H25Cl2NO3/c1-3-25-12-16-18(15-8-7-14(21)11-17(15)22)19(24)23(13-26-4-2)20(16)9-5-6-10-20/h7-8,11H,3-6,9-10,12-13H2,1-2H3. The predicted molar refractivity (Wildman–Crippen MR) is 104 cm³/mol. The van der Waals surface area contributed by atoms with E-state index in [2.05, 4.69) is 0 Å². The molecule has 0 N–H and O–H groups in total. The summed E-state index contributed by atoms with van der Waals surface area (Å²) in [4.78, 5) is 15.3. The summed E-state index contributed by atoms with van der Waals surface area (Å²) >= 11 is 12.5. The van der Waals surface area contributed by atoms with Crippen LogP contribution in [0.5, 0.6) is 0 Å². The number of carbonyl (C=O) groups excluding carboxylic acids is 1. The van der Waals surface area contributed by atoms with Crippen molar-refractivity contribution in [1.29, 1.82) is 0 Å². The van der Waals surface area contributed by atoms with Gasteiger partial charge in [0.2, 0.25) is 0 Å². The third kappa shape index (κ3) is 3.40. The van der Waals surface area contributed by atoms with Gasteiger partial charge in [-0.3, -0.25) is 4.79 Å². The second-order valence-electron chi connectivity index (χ2n) is 6.71. The van der Waals surface area contributed by atoms with Crippen LogP contribution in [0.25, 0.3) is 5.57 Å². The Labute approximate surface area is 165 Å². The van der Waals surface area contributed by atoms with Crippen LogP contribution in [0, 0.1) is 0 Å². The molecule has 1 spiro atoms. The van der Waals surface area contributed by atoms with Gasteiger partial charge in [-0.15, -0.1) is 0 Å². The monoisotopic (exact) mass is 397 g/mol. The molecule has 1 aliphatic carbocycles. The van der Waals surface area contributed by atoms with E-state index in [1.807, 2.05) is 24.8 Å². The maximum atomic E-state index is 13.4. The van der Waals surface area contributed by atoms with Crippen LogP contribution in [0.3, 0.4) is 0 Å². The molecule has 1 heterocycles. The minimum atomic E-state index is -0.320. The summed E-state index contributed by atoms with van der Waals surface area (Å²) in [6, 6.07) is 5.29. The zero-order valence-corrected chi connectivity index (χ0v) is 16.8. The maximum absolute atomic E-state index is 13.4. The minimum absolute atomic E-state index is 0.0284. The lowest BCUT2D eigenvalue weighted by Crippen LogP contribution is -2.48. The Morgan fingerprint density at radius 3 is 2.42 bits per heavy atom. The van der Waals surface area contributed by atoms with Gasteiger partial charge in [0, 0.05) is 23.8 Å². The van der Waals surface area contributed by atoms with Crippen LogP contribution in [-0.4, -0.2) is 42.9 Å². The van der Waals surface area contributed by atoms with Crippen molar-refractivity contribution in [1.82, 2.24) is 4.90 Å². The molecule has 6 heteroatoms. The van der Waals surface area contributed by atoms with Crippen molar-refractivity contribution in [2.45, 2.75) is 45.1 Å². The number of amides is 1. The highest BCUT2D eigenvalue weighted by molar-refractivity contribution is 6.38. The molecular weight excluding hydrogens is 373 g/mol. The fourth-order valence-corrected chi connectivity index (χ4v) is 4.63. The van der Waals surface area contributed by atoms with Crippen LogP contribution in [-0.2, 0) is 14.3 Å². The first kappa shape index (κ1) is 19.7. The SMILES string of the molecule is CCOCC1=C(c2ccc(Cl)cc2Cl)C(=O)N(COCC)C12CCCC2. The van der Waals surface area contributed by atoms with E-state index in [1.54, 1.807) is 12.1 Å². The molecule has 1 aliphatic heterocycles.